The molecule has 1 aliphatic carbocycles. The zero-order valence-corrected chi connectivity index (χ0v) is 10.5. The molecule has 1 heterocycles. The Kier molecular flexibility index (Phi) is 3.27. The average molecular weight is 291 g/mol. The van der Waals surface area contributed by atoms with Crippen LogP contribution in [0.2, 0.25) is 0 Å². The molecule has 0 radical (unpaired) electrons. The highest BCUT2D eigenvalue weighted by Gasteiger charge is 2.50. The summed E-state index contributed by atoms with van der Waals surface area (Å²) in [6.07, 6.45) is -3.42. The van der Waals surface area contributed by atoms with E-state index in [1.54, 1.807) is 0 Å². The lowest BCUT2D eigenvalue weighted by Crippen LogP contribution is -2.35. The Bertz CT molecular complexity index is 558. The van der Waals surface area contributed by atoms with Gasteiger partial charge < -0.3 is 14.8 Å². The minimum absolute atomic E-state index is 0.157. The fraction of sp³-hybridized carbons (Fsp3) is 0.500. The molecule has 0 aromatic carbocycles. The van der Waals surface area contributed by atoms with E-state index < -0.39 is 34.6 Å². The van der Waals surface area contributed by atoms with Gasteiger partial charge in [0.15, 0.2) is 0 Å². The van der Waals surface area contributed by atoms with Crippen LogP contribution in [0.1, 0.15) is 34.5 Å². The molecule has 1 fully saturated rings. The van der Waals surface area contributed by atoms with Crippen LogP contribution in [0, 0.1) is 12.3 Å². The monoisotopic (exact) mass is 291 g/mol. The van der Waals surface area contributed by atoms with Crippen LogP contribution >= 0.6 is 0 Å². The van der Waals surface area contributed by atoms with Crippen molar-refractivity contribution in [2.45, 2.75) is 25.9 Å². The molecule has 1 aliphatic rings. The first-order valence-electron chi connectivity index (χ1n) is 5.84. The molecule has 20 heavy (non-hydrogen) atoms. The number of aryl methyl sites for hydroxylation is 1. The summed E-state index contributed by atoms with van der Waals surface area (Å²) in [5.41, 5.74) is -2.79. The van der Waals surface area contributed by atoms with Gasteiger partial charge in [-0.2, -0.15) is 13.2 Å². The number of halogens is 3. The largest absolute Gasteiger partial charge is 0.481 e. The number of aliphatic carboxylic acids is 1. The van der Waals surface area contributed by atoms with E-state index in [4.69, 9.17) is 5.11 Å². The van der Waals surface area contributed by atoms with Gasteiger partial charge >= 0.3 is 12.1 Å². The summed E-state index contributed by atoms with van der Waals surface area (Å²) in [5, 5.41) is 11.2. The van der Waals surface area contributed by atoms with Crippen molar-refractivity contribution in [2.24, 2.45) is 5.41 Å². The smallest absolute Gasteiger partial charge is 0.420 e. The Balaban J connectivity index is 2.14. The minimum atomic E-state index is -4.70. The Morgan fingerprint density at radius 3 is 2.50 bits per heavy atom. The number of furan rings is 1. The molecular weight excluding hydrogens is 279 g/mol. The van der Waals surface area contributed by atoms with Crippen molar-refractivity contribution in [2.75, 3.05) is 6.54 Å². The summed E-state index contributed by atoms with van der Waals surface area (Å²) in [7, 11) is 0. The Labute approximate surface area is 111 Å². The molecule has 0 unspecified atom stereocenters. The molecule has 1 amide bonds. The number of hydrogen-bond donors (Lipinski definition) is 2. The fourth-order valence-corrected chi connectivity index (χ4v) is 1.90. The third-order valence-electron chi connectivity index (χ3n) is 3.40. The first-order chi connectivity index (χ1) is 9.17. The third-order valence-corrected chi connectivity index (χ3v) is 3.40. The molecule has 5 nitrogen and oxygen atoms in total. The van der Waals surface area contributed by atoms with Crippen molar-refractivity contribution in [3.05, 3.63) is 23.2 Å². The number of nitrogens with one attached hydrogen (secondary N) is 1. The molecular formula is C12H12F3NO4. The quantitative estimate of drug-likeness (QED) is 0.891. The van der Waals surface area contributed by atoms with Crippen molar-refractivity contribution >= 4 is 11.9 Å². The van der Waals surface area contributed by atoms with Crippen LogP contribution in [0.5, 0.6) is 0 Å². The van der Waals surface area contributed by atoms with Crippen LogP contribution < -0.4 is 5.32 Å². The van der Waals surface area contributed by atoms with Gasteiger partial charge in [-0.05, 0) is 19.8 Å². The summed E-state index contributed by atoms with van der Waals surface area (Å²) < 4.78 is 42.7. The van der Waals surface area contributed by atoms with Crippen molar-refractivity contribution in [3.8, 4) is 0 Å². The Morgan fingerprint density at radius 1 is 1.45 bits per heavy atom. The van der Waals surface area contributed by atoms with E-state index in [2.05, 4.69) is 9.73 Å². The maximum atomic E-state index is 12.7. The molecule has 110 valence electrons. The summed E-state index contributed by atoms with van der Waals surface area (Å²) in [5.74, 6) is -2.19. The molecule has 8 heteroatoms. The fourth-order valence-electron chi connectivity index (χ4n) is 1.90. The highest BCUT2D eigenvalue weighted by Crippen LogP contribution is 2.45. The van der Waals surface area contributed by atoms with Gasteiger partial charge in [-0.1, -0.05) is 0 Å². The number of hydrogen-bond acceptors (Lipinski definition) is 3. The van der Waals surface area contributed by atoms with E-state index in [0.717, 1.165) is 0 Å². The Morgan fingerprint density at radius 2 is 2.05 bits per heavy atom. The average Bonchev–Trinajstić information content (AvgIpc) is 3.02. The van der Waals surface area contributed by atoms with Crippen LogP contribution in [0.25, 0.3) is 0 Å². The molecule has 0 atom stereocenters. The van der Waals surface area contributed by atoms with E-state index in [1.165, 1.54) is 6.92 Å². The van der Waals surface area contributed by atoms with Gasteiger partial charge in [-0.3, -0.25) is 9.59 Å². The maximum Gasteiger partial charge on any atom is 0.420 e. The molecule has 1 aromatic heterocycles. The summed E-state index contributed by atoms with van der Waals surface area (Å²) in [4.78, 5) is 22.8. The van der Waals surface area contributed by atoms with Gasteiger partial charge in [-0.15, -0.1) is 0 Å². The highest BCUT2D eigenvalue weighted by atomic mass is 19.4. The first-order valence-corrected chi connectivity index (χ1v) is 5.84. The van der Waals surface area contributed by atoms with E-state index in [-0.39, 0.29) is 12.3 Å². The molecule has 2 rings (SSSR count). The standard InChI is InChI=1S/C12H12F3NO4/c1-6-8(7(4-20-6)12(13,14)15)9(17)16-5-11(2-3-11)10(18)19/h4H,2-3,5H2,1H3,(H,16,17)(H,18,19). The molecule has 0 aliphatic heterocycles. The lowest BCUT2D eigenvalue weighted by molar-refractivity contribution is -0.143. The predicted octanol–water partition coefficient (Wildman–Crippen LogP) is 2.20. The Hall–Kier alpha value is -1.99. The number of carbonyl (C=O) groups is 2. The van der Waals surface area contributed by atoms with E-state index in [1.807, 2.05) is 0 Å². The van der Waals surface area contributed by atoms with Crippen molar-refractivity contribution in [1.29, 1.82) is 0 Å². The summed E-state index contributed by atoms with van der Waals surface area (Å²) in [6, 6.07) is 0. The lowest BCUT2D eigenvalue weighted by Gasteiger charge is -2.12. The second kappa shape index (κ2) is 4.53. The van der Waals surface area contributed by atoms with Gasteiger partial charge in [0.1, 0.15) is 17.6 Å². The minimum Gasteiger partial charge on any atom is -0.481 e. The SMILES string of the molecule is Cc1occ(C(F)(F)F)c1C(=O)NCC1(C(=O)O)CC1. The topological polar surface area (TPSA) is 79.5 Å². The highest BCUT2D eigenvalue weighted by molar-refractivity contribution is 5.97. The first kappa shape index (κ1) is 14.4. The second-order valence-corrected chi connectivity index (χ2v) is 4.85. The van der Waals surface area contributed by atoms with E-state index in [0.29, 0.717) is 19.1 Å². The van der Waals surface area contributed by atoms with Gasteiger partial charge in [-0.25, -0.2) is 0 Å². The summed E-state index contributed by atoms with van der Waals surface area (Å²) >= 11 is 0. The van der Waals surface area contributed by atoms with Crippen molar-refractivity contribution in [3.63, 3.8) is 0 Å². The van der Waals surface area contributed by atoms with E-state index in [9.17, 15) is 22.8 Å². The van der Waals surface area contributed by atoms with Crippen LogP contribution in [-0.4, -0.2) is 23.5 Å². The van der Waals surface area contributed by atoms with Gasteiger partial charge in [0.05, 0.1) is 11.0 Å². The van der Waals surface area contributed by atoms with Crippen LogP contribution in [0.3, 0.4) is 0 Å². The number of carboxylic acids is 1. The molecule has 0 bridgehead atoms. The summed E-state index contributed by atoms with van der Waals surface area (Å²) in [6.45, 7) is 1.05. The molecule has 0 spiro atoms. The molecule has 0 saturated heterocycles. The molecule has 2 N–H and O–H groups in total. The third kappa shape index (κ3) is 2.50. The lowest BCUT2D eigenvalue weighted by atomic mass is 10.1. The van der Waals surface area contributed by atoms with Crippen molar-refractivity contribution < 1.29 is 32.3 Å². The normalized spacial score (nSPS) is 16.8. The van der Waals surface area contributed by atoms with Gasteiger partial charge in [0.25, 0.3) is 5.91 Å². The predicted molar refractivity (Wildman–Crippen MR) is 60.1 cm³/mol. The number of rotatable bonds is 4. The zero-order chi connectivity index (χ0) is 15.1. The van der Waals surface area contributed by atoms with Gasteiger partial charge in [0, 0.05) is 6.54 Å². The van der Waals surface area contributed by atoms with Gasteiger partial charge in [0.2, 0.25) is 0 Å². The van der Waals surface area contributed by atoms with Crippen LogP contribution in [-0.2, 0) is 11.0 Å². The second-order valence-electron chi connectivity index (χ2n) is 4.85. The zero-order valence-electron chi connectivity index (χ0n) is 10.5. The van der Waals surface area contributed by atoms with Crippen LogP contribution in [0.4, 0.5) is 13.2 Å². The maximum absolute atomic E-state index is 12.7. The van der Waals surface area contributed by atoms with Crippen LogP contribution in [0.15, 0.2) is 10.7 Å². The number of carboxylic acid groups (broad SMARTS) is 1. The van der Waals surface area contributed by atoms with E-state index >= 15 is 0 Å². The number of carbonyl (C=O) groups excluding carboxylic acids is 1. The van der Waals surface area contributed by atoms with Crippen molar-refractivity contribution in [1.82, 2.24) is 5.32 Å². The number of amides is 1. The molecule has 1 aromatic rings. The molecule has 1 saturated carbocycles. The number of alkyl halides is 3.